The second-order valence-electron chi connectivity index (χ2n) is 2.95. The van der Waals surface area contributed by atoms with Crippen molar-refractivity contribution in [3.63, 3.8) is 0 Å². The summed E-state index contributed by atoms with van der Waals surface area (Å²) < 4.78 is 54.5. The van der Waals surface area contributed by atoms with E-state index >= 15 is 0 Å². The van der Waals surface area contributed by atoms with Crippen molar-refractivity contribution in [2.45, 2.75) is 6.18 Å². The van der Waals surface area contributed by atoms with Crippen molar-refractivity contribution >= 4 is 5.97 Å². The van der Waals surface area contributed by atoms with Crippen molar-refractivity contribution in [3.05, 3.63) is 34.6 Å². The highest BCUT2D eigenvalue weighted by Crippen LogP contribution is 2.33. The summed E-state index contributed by atoms with van der Waals surface area (Å²) in [6.45, 7) is 0. The summed E-state index contributed by atoms with van der Waals surface area (Å²) in [4.78, 5) is 11.1. The maximum atomic E-state index is 13.4. The van der Waals surface area contributed by atoms with E-state index in [2.05, 4.69) is 4.74 Å². The number of esters is 1. The van der Waals surface area contributed by atoms with Gasteiger partial charge in [0.1, 0.15) is 11.6 Å². The van der Waals surface area contributed by atoms with Crippen LogP contribution in [0.1, 0.15) is 21.5 Å². The lowest BCUT2D eigenvalue weighted by Gasteiger charge is -2.10. The Hall–Kier alpha value is -2.10. The third-order valence-electron chi connectivity index (χ3n) is 1.96. The number of carbonyl (C=O) groups excluding carboxylic acids is 1. The molecular weight excluding hydrogens is 242 g/mol. The molecule has 1 rings (SSSR count). The quantitative estimate of drug-likeness (QED) is 0.566. The molecule has 0 N–H and O–H groups in total. The number of rotatable bonds is 1. The van der Waals surface area contributed by atoms with Crippen molar-refractivity contribution < 1.29 is 27.1 Å². The van der Waals surface area contributed by atoms with Gasteiger partial charge in [-0.05, 0) is 12.1 Å². The van der Waals surface area contributed by atoms with E-state index in [9.17, 15) is 22.4 Å². The molecule has 0 aliphatic rings. The van der Waals surface area contributed by atoms with Crippen LogP contribution in [0.2, 0.25) is 0 Å². The Morgan fingerprint density at radius 3 is 2.41 bits per heavy atom. The predicted molar refractivity (Wildman–Crippen MR) is 47.5 cm³/mol. The number of benzene rings is 1. The second kappa shape index (κ2) is 4.41. The molecule has 3 nitrogen and oxygen atoms in total. The standard InChI is InChI=1S/C10H5F4NO2/c1-17-9(16)5-2-3-7(10(12,13)14)8(11)6(5)4-15/h2-3H,1H3. The molecule has 0 heterocycles. The average Bonchev–Trinajstić information content (AvgIpc) is 2.25. The van der Waals surface area contributed by atoms with Gasteiger partial charge in [-0.3, -0.25) is 0 Å². The molecule has 0 fully saturated rings. The fourth-order valence-corrected chi connectivity index (χ4v) is 1.18. The SMILES string of the molecule is COC(=O)c1ccc(C(F)(F)F)c(F)c1C#N. The van der Waals surface area contributed by atoms with E-state index in [1.807, 2.05) is 0 Å². The molecule has 0 aliphatic carbocycles. The van der Waals surface area contributed by atoms with Gasteiger partial charge in [-0.15, -0.1) is 0 Å². The fourth-order valence-electron chi connectivity index (χ4n) is 1.18. The normalized spacial score (nSPS) is 10.8. The number of methoxy groups -OCH3 is 1. The van der Waals surface area contributed by atoms with E-state index in [0.717, 1.165) is 7.11 Å². The number of halogens is 4. The van der Waals surface area contributed by atoms with E-state index in [1.165, 1.54) is 6.07 Å². The number of nitriles is 1. The van der Waals surface area contributed by atoms with Gasteiger partial charge < -0.3 is 4.74 Å². The molecule has 0 aliphatic heterocycles. The van der Waals surface area contributed by atoms with Gasteiger partial charge in [-0.25, -0.2) is 9.18 Å². The topological polar surface area (TPSA) is 50.1 Å². The molecule has 0 aromatic heterocycles. The minimum Gasteiger partial charge on any atom is -0.465 e. The minimum atomic E-state index is -4.93. The highest BCUT2D eigenvalue weighted by molar-refractivity contribution is 5.92. The van der Waals surface area contributed by atoms with Crippen molar-refractivity contribution in [2.24, 2.45) is 0 Å². The first-order chi connectivity index (χ1) is 7.82. The van der Waals surface area contributed by atoms with Gasteiger partial charge in [0.15, 0.2) is 5.82 Å². The van der Waals surface area contributed by atoms with Crippen LogP contribution in [-0.4, -0.2) is 13.1 Å². The number of carbonyl (C=O) groups is 1. The maximum Gasteiger partial charge on any atom is 0.419 e. The largest absolute Gasteiger partial charge is 0.465 e. The van der Waals surface area contributed by atoms with Crippen LogP contribution in [0.5, 0.6) is 0 Å². The first kappa shape index (κ1) is 13.0. The third-order valence-corrected chi connectivity index (χ3v) is 1.96. The molecule has 0 spiro atoms. The van der Waals surface area contributed by atoms with E-state index < -0.39 is 34.7 Å². The van der Waals surface area contributed by atoms with Gasteiger partial charge in [0.2, 0.25) is 0 Å². The molecule has 0 unspecified atom stereocenters. The van der Waals surface area contributed by atoms with Gasteiger partial charge in [0.25, 0.3) is 0 Å². The molecule has 7 heteroatoms. The number of alkyl halides is 3. The number of ether oxygens (including phenoxy) is 1. The van der Waals surface area contributed by atoms with E-state index in [4.69, 9.17) is 5.26 Å². The van der Waals surface area contributed by atoms with Crippen LogP contribution in [0.4, 0.5) is 17.6 Å². The fraction of sp³-hybridized carbons (Fsp3) is 0.200. The third kappa shape index (κ3) is 2.36. The first-order valence-corrected chi connectivity index (χ1v) is 4.21. The summed E-state index contributed by atoms with van der Waals surface area (Å²) in [5.74, 6) is -2.85. The van der Waals surface area contributed by atoms with Crippen LogP contribution in [-0.2, 0) is 10.9 Å². The van der Waals surface area contributed by atoms with Crippen LogP contribution in [0.25, 0.3) is 0 Å². The molecule has 0 saturated carbocycles. The summed E-state index contributed by atoms with van der Waals surface area (Å²) in [5.41, 5.74) is -3.12. The number of nitrogens with zero attached hydrogens (tertiary/aromatic N) is 1. The summed E-state index contributed by atoms with van der Waals surface area (Å²) in [7, 11) is 0.971. The van der Waals surface area contributed by atoms with Gasteiger partial charge in [-0.2, -0.15) is 18.4 Å². The van der Waals surface area contributed by atoms with Gasteiger partial charge in [-0.1, -0.05) is 0 Å². The van der Waals surface area contributed by atoms with Crippen LogP contribution in [0, 0.1) is 17.1 Å². The Morgan fingerprint density at radius 2 is 2.00 bits per heavy atom. The minimum absolute atomic E-state index is 0.391. The first-order valence-electron chi connectivity index (χ1n) is 4.21. The highest BCUT2D eigenvalue weighted by Gasteiger charge is 2.36. The smallest absolute Gasteiger partial charge is 0.419 e. The predicted octanol–water partition coefficient (Wildman–Crippen LogP) is 2.50. The second-order valence-corrected chi connectivity index (χ2v) is 2.95. The number of hydrogen-bond acceptors (Lipinski definition) is 3. The number of hydrogen-bond donors (Lipinski definition) is 0. The molecule has 17 heavy (non-hydrogen) atoms. The lowest BCUT2D eigenvalue weighted by atomic mass is 10.0. The molecule has 1 aromatic carbocycles. The Kier molecular flexibility index (Phi) is 3.36. The molecule has 0 atom stereocenters. The summed E-state index contributed by atoms with van der Waals surface area (Å²) in [6.07, 6.45) is -4.93. The van der Waals surface area contributed by atoms with Crippen molar-refractivity contribution in [1.29, 1.82) is 5.26 Å². The Morgan fingerprint density at radius 1 is 1.41 bits per heavy atom. The van der Waals surface area contributed by atoms with E-state index in [1.54, 1.807) is 0 Å². The van der Waals surface area contributed by atoms with Crippen LogP contribution >= 0.6 is 0 Å². The molecule has 0 radical (unpaired) electrons. The average molecular weight is 247 g/mol. The van der Waals surface area contributed by atoms with Crippen molar-refractivity contribution in [1.82, 2.24) is 0 Å². The Bertz CT molecular complexity index is 502. The molecule has 0 saturated heterocycles. The maximum absolute atomic E-state index is 13.4. The highest BCUT2D eigenvalue weighted by atomic mass is 19.4. The summed E-state index contributed by atoms with van der Waals surface area (Å²) >= 11 is 0. The zero-order valence-electron chi connectivity index (χ0n) is 8.43. The monoisotopic (exact) mass is 247 g/mol. The summed E-state index contributed by atoms with van der Waals surface area (Å²) in [5, 5.41) is 8.57. The zero-order valence-corrected chi connectivity index (χ0v) is 8.43. The molecule has 0 amide bonds. The van der Waals surface area contributed by atoms with Gasteiger partial charge in [0, 0.05) is 0 Å². The molecular formula is C10H5F4NO2. The van der Waals surface area contributed by atoms with Gasteiger partial charge >= 0.3 is 12.1 Å². The van der Waals surface area contributed by atoms with Crippen molar-refractivity contribution in [2.75, 3.05) is 7.11 Å². The van der Waals surface area contributed by atoms with Gasteiger partial charge in [0.05, 0.1) is 18.2 Å². The Labute approximate surface area is 93.2 Å². The molecule has 1 aromatic rings. The zero-order chi connectivity index (χ0) is 13.2. The lowest BCUT2D eigenvalue weighted by molar-refractivity contribution is -0.140. The summed E-state index contributed by atoms with van der Waals surface area (Å²) in [6, 6.07) is 2.31. The molecule has 90 valence electrons. The van der Waals surface area contributed by atoms with Crippen molar-refractivity contribution in [3.8, 4) is 6.07 Å². The Balaban J connectivity index is 3.50. The van der Waals surface area contributed by atoms with Crippen LogP contribution in [0.3, 0.4) is 0 Å². The van der Waals surface area contributed by atoms with Crippen LogP contribution in [0.15, 0.2) is 12.1 Å². The molecule has 0 bridgehead atoms. The van der Waals surface area contributed by atoms with Crippen LogP contribution < -0.4 is 0 Å². The van der Waals surface area contributed by atoms with E-state index in [-0.39, 0.29) is 0 Å². The van der Waals surface area contributed by atoms with E-state index in [0.29, 0.717) is 12.1 Å². The lowest BCUT2D eigenvalue weighted by Crippen LogP contribution is -2.13.